The molecule has 1 aliphatic heterocycles. The largest absolute Gasteiger partial charge is 0.372 e. The molecule has 0 unspecified atom stereocenters. The fourth-order valence-electron chi connectivity index (χ4n) is 3.49. The number of halogens is 1. The summed E-state index contributed by atoms with van der Waals surface area (Å²) in [4.78, 5) is 24.2. The second-order valence-electron chi connectivity index (χ2n) is 7.35. The SMILES string of the molecule is C[C@@H]1CN(c2nc3ccccc3nc2SCC(=O)Nc2ccc(F)cc2)C[C@H](C)O1. The lowest BCUT2D eigenvalue weighted by molar-refractivity contribution is -0.113. The van der Waals surface area contributed by atoms with Crippen molar-refractivity contribution in [3.63, 3.8) is 0 Å². The molecule has 1 amide bonds. The first-order valence-electron chi connectivity index (χ1n) is 9.83. The van der Waals surface area contributed by atoms with Gasteiger partial charge in [0.25, 0.3) is 0 Å². The Kier molecular flexibility index (Phi) is 6.15. The number of nitrogens with zero attached hydrogens (tertiary/aromatic N) is 3. The van der Waals surface area contributed by atoms with Crippen molar-refractivity contribution in [2.24, 2.45) is 0 Å². The molecular formula is C22H23FN4O2S. The van der Waals surface area contributed by atoms with Gasteiger partial charge in [-0.05, 0) is 50.2 Å². The highest BCUT2D eigenvalue weighted by Gasteiger charge is 2.26. The molecule has 2 aromatic carbocycles. The van der Waals surface area contributed by atoms with Crippen LogP contribution in [0.2, 0.25) is 0 Å². The van der Waals surface area contributed by atoms with Crippen LogP contribution in [0, 0.1) is 5.82 Å². The number of hydrogen-bond donors (Lipinski definition) is 1. The lowest BCUT2D eigenvalue weighted by Gasteiger charge is -2.36. The number of fused-ring (bicyclic) bond motifs is 1. The minimum atomic E-state index is -0.340. The predicted molar refractivity (Wildman–Crippen MR) is 118 cm³/mol. The summed E-state index contributed by atoms with van der Waals surface area (Å²) >= 11 is 1.35. The Morgan fingerprint density at radius 1 is 1.10 bits per heavy atom. The van der Waals surface area contributed by atoms with E-state index in [4.69, 9.17) is 14.7 Å². The van der Waals surface area contributed by atoms with E-state index < -0.39 is 0 Å². The smallest absolute Gasteiger partial charge is 0.234 e. The van der Waals surface area contributed by atoms with E-state index in [2.05, 4.69) is 10.2 Å². The summed E-state index contributed by atoms with van der Waals surface area (Å²) in [6.07, 6.45) is 0.170. The number of nitrogens with one attached hydrogen (secondary N) is 1. The molecule has 2 heterocycles. The highest BCUT2D eigenvalue weighted by atomic mass is 32.2. The molecule has 0 radical (unpaired) electrons. The number of aromatic nitrogens is 2. The number of carbonyl (C=O) groups is 1. The van der Waals surface area contributed by atoms with Gasteiger partial charge in [-0.1, -0.05) is 23.9 Å². The fourth-order valence-corrected chi connectivity index (χ4v) is 4.30. The molecule has 4 rings (SSSR count). The predicted octanol–water partition coefficient (Wildman–Crippen LogP) is 4.11. The number of amides is 1. The highest BCUT2D eigenvalue weighted by molar-refractivity contribution is 8.00. The van der Waals surface area contributed by atoms with Crippen LogP contribution in [0.5, 0.6) is 0 Å². The summed E-state index contributed by atoms with van der Waals surface area (Å²) < 4.78 is 18.9. The van der Waals surface area contributed by atoms with E-state index in [9.17, 15) is 9.18 Å². The Bertz CT molecular complexity index is 1040. The van der Waals surface area contributed by atoms with Crippen LogP contribution in [0.3, 0.4) is 0 Å². The molecule has 0 aliphatic carbocycles. The van der Waals surface area contributed by atoms with Crippen LogP contribution in [0.15, 0.2) is 53.6 Å². The third-order valence-corrected chi connectivity index (χ3v) is 5.66. The molecule has 1 N–H and O–H groups in total. The zero-order valence-electron chi connectivity index (χ0n) is 16.8. The van der Waals surface area contributed by atoms with Gasteiger partial charge in [0.05, 0.1) is 29.0 Å². The maximum Gasteiger partial charge on any atom is 0.234 e. The van der Waals surface area contributed by atoms with Gasteiger partial charge in [-0.15, -0.1) is 0 Å². The average Bonchev–Trinajstić information content (AvgIpc) is 2.72. The van der Waals surface area contributed by atoms with Crippen molar-refractivity contribution in [3.8, 4) is 0 Å². The summed E-state index contributed by atoms with van der Waals surface area (Å²) in [6.45, 7) is 5.51. The molecule has 3 aromatic rings. The van der Waals surface area contributed by atoms with Gasteiger partial charge < -0.3 is 15.0 Å². The van der Waals surface area contributed by atoms with Crippen molar-refractivity contribution >= 4 is 40.2 Å². The van der Waals surface area contributed by atoms with Gasteiger partial charge in [-0.2, -0.15) is 0 Å². The molecule has 8 heteroatoms. The fraction of sp³-hybridized carbons (Fsp3) is 0.318. The van der Waals surface area contributed by atoms with Crippen molar-refractivity contribution < 1.29 is 13.9 Å². The third kappa shape index (κ3) is 4.88. The van der Waals surface area contributed by atoms with Crippen molar-refractivity contribution in [1.82, 2.24) is 9.97 Å². The molecule has 1 saturated heterocycles. The summed E-state index contributed by atoms with van der Waals surface area (Å²) in [5.74, 6) is 0.422. The zero-order valence-corrected chi connectivity index (χ0v) is 17.7. The van der Waals surface area contributed by atoms with Gasteiger partial charge in [0.1, 0.15) is 10.8 Å². The third-order valence-electron chi connectivity index (χ3n) is 4.71. The summed E-state index contributed by atoms with van der Waals surface area (Å²) in [7, 11) is 0. The lowest BCUT2D eigenvalue weighted by atomic mass is 10.2. The van der Waals surface area contributed by atoms with Crippen LogP contribution < -0.4 is 10.2 Å². The Morgan fingerprint density at radius 3 is 2.40 bits per heavy atom. The number of para-hydroxylation sites is 2. The van der Waals surface area contributed by atoms with E-state index in [1.165, 1.54) is 36.0 Å². The number of ether oxygens (including phenoxy) is 1. The molecular weight excluding hydrogens is 403 g/mol. The summed E-state index contributed by atoms with van der Waals surface area (Å²) in [5, 5.41) is 3.49. The normalized spacial score (nSPS) is 19.1. The van der Waals surface area contributed by atoms with Crippen LogP contribution in [-0.4, -0.2) is 46.9 Å². The Hall–Kier alpha value is -2.71. The van der Waals surface area contributed by atoms with Crippen molar-refractivity contribution in [2.45, 2.75) is 31.1 Å². The summed E-state index contributed by atoms with van der Waals surface area (Å²) in [6, 6.07) is 13.4. The number of carbonyl (C=O) groups excluding carboxylic acids is 1. The minimum absolute atomic E-state index is 0.0849. The average molecular weight is 427 g/mol. The van der Waals surface area contributed by atoms with Crippen LogP contribution in [-0.2, 0) is 9.53 Å². The first-order chi connectivity index (χ1) is 14.5. The highest BCUT2D eigenvalue weighted by Crippen LogP contribution is 2.31. The Morgan fingerprint density at radius 2 is 1.73 bits per heavy atom. The molecule has 1 aliphatic rings. The van der Waals surface area contributed by atoms with Crippen molar-refractivity contribution in [2.75, 3.05) is 29.1 Å². The second kappa shape index (κ2) is 8.97. The zero-order chi connectivity index (χ0) is 21.1. The van der Waals surface area contributed by atoms with Gasteiger partial charge in [-0.3, -0.25) is 4.79 Å². The lowest BCUT2D eigenvalue weighted by Crippen LogP contribution is -2.46. The summed E-state index contributed by atoms with van der Waals surface area (Å²) in [5.41, 5.74) is 2.17. The van der Waals surface area contributed by atoms with E-state index in [-0.39, 0.29) is 29.7 Å². The second-order valence-corrected chi connectivity index (χ2v) is 8.31. The standard InChI is InChI=1S/C22H23FN4O2S/c1-14-11-27(12-15(2)29-14)21-22(26-19-6-4-3-5-18(19)25-21)30-13-20(28)24-17-9-7-16(23)8-10-17/h3-10,14-15H,11-13H2,1-2H3,(H,24,28)/t14-,15+. The van der Waals surface area contributed by atoms with Gasteiger partial charge in [0, 0.05) is 18.8 Å². The molecule has 0 saturated carbocycles. The molecule has 1 fully saturated rings. The Labute approximate surface area is 178 Å². The number of anilines is 2. The molecule has 0 spiro atoms. The molecule has 2 atom stereocenters. The van der Waals surface area contributed by atoms with E-state index in [1.54, 1.807) is 0 Å². The first kappa shape index (κ1) is 20.6. The van der Waals surface area contributed by atoms with Gasteiger partial charge >= 0.3 is 0 Å². The molecule has 156 valence electrons. The minimum Gasteiger partial charge on any atom is -0.372 e. The number of rotatable bonds is 5. The molecule has 30 heavy (non-hydrogen) atoms. The van der Waals surface area contributed by atoms with E-state index in [0.717, 1.165) is 16.9 Å². The Balaban J connectivity index is 1.55. The van der Waals surface area contributed by atoms with Crippen molar-refractivity contribution in [3.05, 3.63) is 54.3 Å². The van der Waals surface area contributed by atoms with E-state index in [1.807, 2.05) is 38.1 Å². The first-order valence-corrected chi connectivity index (χ1v) is 10.8. The van der Waals surface area contributed by atoms with Crippen LogP contribution in [0.4, 0.5) is 15.9 Å². The van der Waals surface area contributed by atoms with E-state index in [0.29, 0.717) is 23.8 Å². The number of benzene rings is 2. The van der Waals surface area contributed by atoms with Gasteiger partial charge in [0.15, 0.2) is 5.82 Å². The molecule has 0 bridgehead atoms. The van der Waals surface area contributed by atoms with E-state index >= 15 is 0 Å². The topological polar surface area (TPSA) is 67.4 Å². The number of hydrogen-bond acceptors (Lipinski definition) is 6. The van der Waals surface area contributed by atoms with Crippen LogP contribution in [0.1, 0.15) is 13.8 Å². The van der Waals surface area contributed by atoms with Gasteiger partial charge in [0.2, 0.25) is 5.91 Å². The number of morpholine rings is 1. The maximum absolute atomic E-state index is 13.1. The monoisotopic (exact) mass is 426 g/mol. The maximum atomic E-state index is 13.1. The van der Waals surface area contributed by atoms with Gasteiger partial charge in [-0.25, -0.2) is 14.4 Å². The van der Waals surface area contributed by atoms with Crippen LogP contribution in [0.25, 0.3) is 11.0 Å². The van der Waals surface area contributed by atoms with Crippen LogP contribution >= 0.6 is 11.8 Å². The van der Waals surface area contributed by atoms with Crippen molar-refractivity contribution in [1.29, 1.82) is 0 Å². The number of thioether (sulfide) groups is 1. The molecule has 1 aromatic heterocycles. The quantitative estimate of drug-likeness (QED) is 0.620. The molecule has 6 nitrogen and oxygen atoms in total.